The fourth-order valence-corrected chi connectivity index (χ4v) is 1.83. The Bertz CT molecular complexity index is 647. The molecule has 0 fully saturated rings. The smallest absolute Gasteiger partial charge is 0.337 e. The summed E-state index contributed by atoms with van der Waals surface area (Å²) in [6.07, 6.45) is 0. The number of benzene rings is 1. The van der Waals surface area contributed by atoms with Crippen LogP contribution in [0.4, 0.5) is 15.9 Å². The van der Waals surface area contributed by atoms with Crippen molar-refractivity contribution in [2.24, 2.45) is 0 Å². The van der Waals surface area contributed by atoms with Crippen molar-refractivity contribution < 1.29 is 14.3 Å². The molecule has 0 unspecified atom stereocenters. The van der Waals surface area contributed by atoms with Gasteiger partial charge in [-0.1, -0.05) is 0 Å². The quantitative estimate of drug-likeness (QED) is 0.902. The van der Waals surface area contributed by atoms with Crippen molar-refractivity contribution >= 4 is 33.4 Å². The zero-order valence-corrected chi connectivity index (χ0v) is 11.5. The number of pyridine rings is 1. The monoisotopic (exact) mass is 324 g/mol. The van der Waals surface area contributed by atoms with Crippen molar-refractivity contribution in [1.82, 2.24) is 4.98 Å². The van der Waals surface area contributed by atoms with E-state index < -0.39 is 5.97 Å². The van der Waals surface area contributed by atoms with Gasteiger partial charge in [-0.2, -0.15) is 0 Å². The number of hydrogen-bond acceptors (Lipinski definition) is 3. The van der Waals surface area contributed by atoms with Crippen molar-refractivity contribution in [2.45, 2.75) is 6.92 Å². The summed E-state index contributed by atoms with van der Waals surface area (Å²) in [6.45, 7) is 1.61. The van der Waals surface area contributed by atoms with Crippen LogP contribution in [0, 0.1) is 12.7 Å². The first-order valence-corrected chi connectivity index (χ1v) is 6.19. The number of nitrogens with one attached hydrogen (secondary N) is 1. The minimum absolute atomic E-state index is 0.146. The van der Waals surface area contributed by atoms with Crippen LogP contribution in [0.25, 0.3) is 0 Å². The number of carbonyl (C=O) groups is 1. The molecule has 0 saturated carbocycles. The Labute approximate surface area is 117 Å². The zero-order valence-electron chi connectivity index (χ0n) is 9.95. The zero-order chi connectivity index (χ0) is 14.0. The number of anilines is 2. The van der Waals surface area contributed by atoms with Crippen LogP contribution in [-0.4, -0.2) is 16.1 Å². The van der Waals surface area contributed by atoms with E-state index in [9.17, 15) is 9.18 Å². The molecule has 98 valence electrons. The van der Waals surface area contributed by atoms with Gasteiger partial charge in [0.15, 0.2) is 0 Å². The number of aromatic nitrogens is 1. The van der Waals surface area contributed by atoms with Gasteiger partial charge in [-0.15, -0.1) is 0 Å². The molecular weight excluding hydrogens is 315 g/mol. The normalized spacial score (nSPS) is 10.3. The highest BCUT2D eigenvalue weighted by Gasteiger charge is 2.09. The van der Waals surface area contributed by atoms with Gasteiger partial charge in [0, 0.05) is 5.69 Å². The molecule has 1 aromatic carbocycles. The number of carboxylic acids is 1. The topological polar surface area (TPSA) is 62.2 Å². The van der Waals surface area contributed by atoms with E-state index in [1.807, 2.05) is 0 Å². The summed E-state index contributed by atoms with van der Waals surface area (Å²) in [5, 5.41) is 11.8. The molecule has 1 heterocycles. The molecule has 6 heteroatoms. The first-order valence-electron chi connectivity index (χ1n) is 5.40. The second-order valence-electron chi connectivity index (χ2n) is 3.89. The molecule has 4 nitrogen and oxygen atoms in total. The number of aromatic carboxylic acids is 1. The fourth-order valence-electron chi connectivity index (χ4n) is 1.58. The third-order valence-electron chi connectivity index (χ3n) is 2.51. The molecule has 2 rings (SSSR count). The van der Waals surface area contributed by atoms with Gasteiger partial charge in [0.2, 0.25) is 0 Å². The van der Waals surface area contributed by atoms with E-state index in [0.29, 0.717) is 21.7 Å². The van der Waals surface area contributed by atoms with Crippen molar-refractivity contribution in [1.29, 1.82) is 0 Å². The number of hydrogen-bond donors (Lipinski definition) is 2. The summed E-state index contributed by atoms with van der Waals surface area (Å²) < 4.78 is 13.7. The number of aryl methyl sites for hydroxylation is 1. The highest BCUT2D eigenvalue weighted by atomic mass is 79.9. The maximum Gasteiger partial charge on any atom is 0.337 e. The summed E-state index contributed by atoms with van der Waals surface area (Å²) in [5.41, 5.74) is 1.08. The van der Waals surface area contributed by atoms with Gasteiger partial charge in [-0.25, -0.2) is 14.2 Å². The van der Waals surface area contributed by atoms with E-state index in [4.69, 9.17) is 5.11 Å². The van der Waals surface area contributed by atoms with Gasteiger partial charge >= 0.3 is 5.97 Å². The molecule has 0 bridgehead atoms. The van der Waals surface area contributed by atoms with Crippen LogP contribution in [0.2, 0.25) is 0 Å². The minimum Gasteiger partial charge on any atom is -0.478 e. The summed E-state index contributed by atoms with van der Waals surface area (Å²) >= 11 is 3.07. The molecule has 0 aliphatic carbocycles. The van der Waals surface area contributed by atoms with Gasteiger partial charge in [0.1, 0.15) is 11.6 Å². The largest absolute Gasteiger partial charge is 0.478 e. The van der Waals surface area contributed by atoms with Crippen molar-refractivity contribution in [2.75, 3.05) is 5.32 Å². The van der Waals surface area contributed by atoms with Crippen LogP contribution < -0.4 is 5.32 Å². The SMILES string of the molecule is Cc1nc(Nc2ccc(Br)c(F)c2)ccc1C(=O)O. The van der Waals surface area contributed by atoms with Gasteiger partial charge in [0.05, 0.1) is 15.7 Å². The van der Waals surface area contributed by atoms with E-state index in [2.05, 4.69) is 26.2 Å². The molecule has 1 aromatic heterocycles. The van der Waals surface area contributed by atoms with Crippen molar-refractivity contribution in [3.8, 4) is 0 Å². The summed E-state index contributed by atoms with van der Waals surface area (Å²) in [5.74, 6) is -0.945. The average molecular weight is 325 g/mol. The lowest BCUT2D eigenvalue weighted by molar-refractivity contribution is 0.0695. The minimum atomic E-state index is -1.02. The lowest BCUT2D eigenvalue weighted by Gasteiger charge is -2.08. The molecule has 19 heavy (non-hydrogen) atoms. The standard InChI is InChI=1S/C13H10BrFN2O2/c1-7-9(13(18)19)3-5-12(16-7)17-8-2-4-10(14)11(15)6-8/h2-6H,1H3,(H,16,17)(H,18,19). The molecule has 0 aliphatic rings. The summed E-state index contributed by atoms with van der Waals surface area (Å²) in [7, 11) is 0. The van der Waals surface area contributed by atoms with Crippen LogP contribution in [0.5, 0.6) is 0 Å². The second-order valence-corrected chi connectivity index (χ2v) is 4.74. The molecule has 0 spiro atoms. The van der Waals surface area contributed by atoms with E-state index in [0.717, 1.165) is 0 Å². The lowest BCUT2D eigenvalue weighted by atomic mass is 10.2. The Morgan fingerprint density at radius 1 is 1.37 bits per heavy atom. The van der Waals surface area contributed by atoms with Crippen LogP contribution >= 0.6 is 15.9 Å². The number of nitrogens with zero attached hydrogens (tertiary/aromatic N) is 1. The van der Waals surface area contributed by atoms with E-state index >= 15 is 0 Å². The molecular formula is C13H10BrFN2O2. The Balaban J connectivity index is 2.26. The molecule has 0 amide bonds. The van der Waals surface area contributed by atoms with Gasteiger partial charge in [-0.05, 0) is 53.2 Å². The third kappa shape index (κ3) is 3.08. The Morgan fingerprint density at radius 2 is 2.11 bits per heavy atom. The van der Waals surface area contributed by atoms with E-state index in [1.165, 1.54) is 18.2 Å². The molecule has 2 aromatic rings. The van der Waals surface area contributed by atoms with Crippen molar-refractivity contribution in [3.63, 3.8) is 0 Å². The predicted octanol–water partition coefficient (Wildman–Crippen LogP) is 3.73. The van der Waals surface area contributed by atoms with Crippen LogP contribution in [0.15, 0.2) is 34.8 Å². The molecule has 0 radical (unpaired) electrons. The predicted molar refractivity (Wildman–Crippen MR) is 73.3 cm³/mol. The van der Waals surface area contributed by atoms with Crippen LogP contribution in [0.1, 0.15) is 16.1 Å². The first kappa shape index (κ1) is 13.5. The maximum atomic E-state index is 13.3. The van der Waals surface area contributed by atoms with Gasteiger partial charge in [0.25, 0.3) is 0 Å². The molecule has 0 aliphatic heterocycles. The maximum absolute atomic E-state index is 13.3. The molecule has 0 saturated heterocycles. The third-order valence-corrected chi connectivity index (χ3v) is 3.15. The summed E-state index contributed by atoms with van der Waals surface area (Å²) in [6, 6.07) is 7.59. The number of rotatable bonds is 3. The van der Waals surface area contributed by atoms with E-state index in [-0.39, 0.29) is 11.4 Å². The Morgan fingerprint density at radius 3 is 2.68 bits per heavy atom. The number of halogens is 2. The van der Waals surface area contributed by atoms with E-state index in [1.54, 1.807) is 19.1 Å². The van der Waals surface area contributed by atoms with Crippen LogP contribution in [0.3, 0.4) is 0 Å². The Hall–Kier alpha value is -1.95. The number of carboxylic acid groups (broad SMARTS) is 1. The average Bonchev–Trinajstić information content (AvgIpc) is 2.33. The van der Waals surface area contributed by atoms with Crippen LogP contribution in [-0.2, 0) is 0 Å². The highest BCUT2D eigenvalue weighted by Crippen LogP contribution is 2.22. The summed E-state index contributed by atoms with van der Waals surface area (Å²) in [4.78, 5) is 15.0. The van der Waals surface area contributed by atoms with Gasteiger partial charge < -0.3 is 10.4 Å². The van der Waals surface area contributed by atoms with Crippen molar-refractivity contribution in [3.05, 3.63) is 51.9 Å². The first-order chi connectivity index (χ1) is 8.97. The Kier molecular flexibility index (Phi) is 3.80. The second kappa shape index (κ2) is 5.36. The molecule has 2 N–H and O–H groups in total. The lowest BCUT2D eigenvalue weighted by Crippen LogP contribution is -2.03. The highest BCUT2D eigenvalue weighted by molar-refractivity contribution is 9.10. The molecule has 0 atom stereocenters. The fraction of sp³-hybridized carbons (Fsp3) is 0.0769. The van der Waals surface area contributed by atoms with Gasteiger partial charge in [-0.3, -0.25) is 0 Å².